The number of amidine groups is 1. The number of hydrogen-bond donors (Lipinski definition) is 3. The zero-order valence-corrected chi connectivity index (χ0v) is 11.1. The van der Waals surface area contributed by atoms with Crippen molar-refractivity contribution in [1.29, 1.82) is 0 Å². The molecule has 3 aromatic rings. The molecule has 5 N–H and O–H groups in total. The van der Waals surface area contributed by atoms with Crippen LogP contribution in [0.25, 0.3) is 11.0 Å². The Morgan fingerprint density at radius 3 is 2.86 bits per heavy atom. The number of rotatable bonds is 3. The van der Waals surface area contributed by atoms with Crippen LogP contribution in [0.15, 0.2) is 47.7 Å². The van der Waals surface area contributed by atoms with Crippen molar-refractivity contribution in [1.82, 2.24) is 10.1 Å². The maximum absolute atomic E-state index is 13.8. The summed E-state index contributed by atoms with van der Waals surface area (Å²) < 4.78 is 15.5. The molecule has 0 aliphatic rings. The highest BCUT2D eigenvalue weighted by molar-refractivity contribution is 6.05. The number of hydrogen-bond acceptors (Lipinski definition) is 3. The SMILES string of the molecule is NN=C(N)c1[nH][n+](Cc2ccccc2F)c2ncccc12. The number of hydrazone groups is 1. The maximum Gasteiger partial charge on any atom is 0.351 e. The van der Waals surface area contributed by atoms with E-state index in [1.165, 1.54) is 6.07 Å². The molecule has 0 fully saturated rings. The van der Waals surface area contributed by atoms with Crippen molar-refractivity contribution in [2.75, 3.05) is 0 Å². The number of H-pyrrole nitrogens is 1. The Balaban J connectivity index is 2.13. The van der Waals surface area contributed by atoms with Gasteiger partial charge in [0, 0.05) is 5.56 Å². The summed E-state index contributed by atoms with van der Waals surface area (Å²) in [5.74, 6) is 5.13. The van der Waals surface area contributed by atoms with Crippen molar-refractivity contribution >= 4 is 16.9 Å². The number of aromatic nitrogens is 3. The number of aromatic amines is 1. The number of fused-ring (bicyclic) bond motifs is 1. The molecule has 3 rings (SSSR count). The molecule has 2 heterocycles. The normalized spacial score (nSPS) is 12.0. The van der Waals surface area contributed by atoms with Crippen molar-refractivity contribution in [3.63, 3.8) is 0 Å². The molecule has 0 unspecified atom stereocenters. The second-order valence-electron chi connectivity index (χ2n) is 4.55. The maximum atomic E-state index is 13.8. The fourth-order valence-electron chi connectivity index (χ4n) is 2.23. The Bertz CT molecular complexity index is 823. The minimum absolute atomic E-state index is 0.167. The van der Waals surface area contributed by atoms with Gasteiger partial charge in [0.2, 0.25) is 0 Å². The van der Waals surface area contributed by atoms with E-state index in [4.69, 9.17) is 11.6 Å². The number of nitrogens with one attached hydrogen (secondary N) is 1. The first-order chi connectivity index (χ1) is 10.2. The van der Waals surface area contributed by atoms with Crippen LogP contribution in [-0.2, 0) is 6.54 Å². The van der Waals surface area contributed by atoms with E-state index in [2.05, 4.69) is 15.2 Å². The van der Waals surface area contributed by atoms with Crippen molar-refractivity contribution in [2.45, 2.75) is 6.54 Å². The van der Waals surface area contributed by atoms with Gasteiger partial charge in [0.15, 0.2) is 5.84 Å². The topological polar surface area (TPSA) is 97.0 Å². The van der Waals surface area contributed by atoms with E-state index < -0.39 is 0 Å². The van der Waals surface area contributed by atoms with Crippen molar-refractivity contribution in [3.8, 4) is 0 Å². The van der Waals surface area contributed by atoms with E-state index in [9.17, 15) is 4.39 Å². The second-order valence-corrected chi connectivity index (χ2v) is 4.55. The molecule has 0 saturated carbocycles. The van der Waals surface area contributed by atoms with Gasteiger partial charge >= 0.3 is 5.65 Å². The highest BCUT2D eigenvalue weighted by Gasteiger charge is 2.20. The molecule has 7 heteroatoms. The molecule has 0 radical (unpaired) electrons. The number of pyridine rings is 1. The van der Waals surface area contributed by atoms with Crippen LogP contribution in [0.4, 0.5) is 4.39 Å². The zero-order valence-electron chi connectivity index (χ0n) is 11.1. The van der Waals surface area contributed by atoms with E-state index in [1.807, 2.05) is 6.07 Å². The van der Waals surface area contributed by atoms with Crippen LogP contribution >= 0.6 is 0 Å². The predicted octanol–water partition coefficient (Wildman–Crippen LogP) is 0.617. The van der Waals surface area contributed by atoms with E-state index in [-0.39, 0.29) is 11.7 Å². The number of benzene rings is 1. The van der Waals surface area contributed by atoms with E-state index >= 15 is 0 Å². The Labute approximate surface area is 119 Å². The minimum atomic E-state index is -0.273. The van der Waals surface area contributed by atoms with E-state index in [0.29, 0.717) is 23.4 Å². The van der Waals surface area contributed by atoms with Crippen molar-refractivity contribution in [3.05, 3.63) is 59.7 Å². The molecule has 2 aromatic heterocycles. The van der Waals surface area contributed by atoms with E-state index in [1.54, 1.807) is 35.1 Å². The lowest BCUT2D eigenvalue weighted by atomic mass is 10.2. The molecule has 0 spiro atoms. The number of halogens is 1. The summed E-state index contributed by atoms with van der Waals surface area (Å²) in [5, 5.41) is 7.34. The molecule has 0 amide bonds. The summed E-state index contributed by atoms with van der Waals surface area (Å²) in [4.78, 5) is 4.30. The smallest absolute Gasteiger partial charge is 0.351 e. The average Bonchev–Trinajstić information content (AvgIpc) is 2.88. The molecule has 0 aliphatic heterocycles. The fraction of sp³-hybridized carbons (Fsp3) is 0.0714. The summed E-state index contributed by atoms with van der Waals surface area (Å²) in [6.07, 6.45) is 1.66. The lowest BCUT2D eigenvalue weighted by molar-refractivity contribution is -0.720. The quantitative estimate of drug-likeness (QED) is 0.216. The van der Waals surface area contributed by atoms with Crippen LogP contribution in [0.5, 0.6) is 0 Å². The number of nitrogens with zero attached hydrogens (tertiary/aromatic N) is 3. The van der Waals surface area contributed by atoms with Gasteiger partial charge in [-0.3, -0.25) is 0 Å². The van der Waals surface area contributed by atoms with Crippen LogP contribution in [-0.4, -0.2) is 15.9 Å². The fourth-order valence-corrected chi connectivity index (χ4v) is 2.23. The highest BCUT2D eigenvalue weighted by atomic mass is 19.1. The van der Waals surface area contributed by atoms with Crippen LogP contribution in [0.1, 0.15) is 11.3 Å². The van der Waals surface area contributed by atoms with Gasteiger partial charge in [-0.25, -0.2) is 9.49 Å². The van der Waals surface area contributed by atoms with Crippen LogP contribution < -0.4 is 16.3 Å². The van der Waals surface area contributed by atoms with Gasteiger partial charge in [0.1, 0.15) is 29.6 Å². The van der Waals surface area contributed by atoms with Crippen LogP contribution in [0.3, 0.4) is 0 Å². The second kappa shape index (κ2) is 5.20. The molecule has 21 heavy (non-hydrogen) atoms. The van der Waals surface area contributed by atoms with Crippen LogP contribution in [0.2, 0.25) is 0 Å². The monoisotopic (exact) mass is 285 g/mol. The molecule has 6 nitrogen and oxygen atoms in total. The summed E-state index contributed by atoms with van der Waals surface area (Å²) in [6, 6.07) is 10.2. The molecule has 0 saturated heterocycles. The Morgan fingerprint density at radius 1 is 1.29 bits per heavy atom. The first-order valence-electron chi connectivity index (χ1n) is 6.34. The van der Waals surface area contributed by atoms with Gasteiger partial charge in [-0.15, -0.1) is 4.68 Å². The van der Waals surface area contributed by atoms with Gasteiger partial charge in [-0.1, -0.05) is 18.2 Å². The molecule has 106 valence electrons. The van der Waals surface area contributed by atoms with Crippen LogP contribution in [0, 0.1) is 5.82 Å². The largest absolute Gasteiger partial charge is 0.380 e. The van der Waals surface area contributed by atoms with Crippen molar-refractivity contribution < 1.29 is 9.07 Å². The van der Waals surface area contributed by atoms with Gasteiger partial charge in [-0.05, 0) is 23.2 Å². The Kier molecular flexibility index (Phi) is 3.23. The Hall–Kier alpha value is -2.96. The van der Waals surface area contributed by atoms with Gasteiger partial charge < -0.3 is 11.6 Å². The average molecular weight is 285 g/mol. The standard InChI is InChI=1S/C14H13FN6/c15-11-6-2-1-4-9(11)8-21-14-10(5-3-7-18-14)12(20-21)13(16)19-17/h1-7H,8H2,(H4,16,17,19,20)/p+1. The number of nitrogens with two attached hydrogens (primary N) is 2. The molecule has 0 aliphatic carbocycles. The third-order valence-electron chi connectivity index (χ3n) is 3.24. The molecule has 0 atom stereocenters. The lowest BCUT2D eigenvalue weighted by Gasteiger charge is -1.99. The zero-order chi connectivity index (χ0) is 14.8. The summed E-state index contributed by atoms with van der Waals surface area (Å²) >= 11 is 0. The lowest BCUT2D eigenvalue weighted by Crippen LogP contribution is -2.38. The first kappa shape index (κ1) is 13.0. The summed E-state index contributed by atoms with van der Waals surface area (Å²) in [5.41, 5.74) is 7.54. The first-order valence-corrected chi connectivity index (χ1v) is 6.34. The van der Waals surface area contributed by atoms with Crippen molar-refractivity contribution in [2.24, 2.45) is 16.7 Å². The van der Waals surface area contributed by atoms with Gasteiger partial charge in [-0.2, -0.15) is 5.10 Å². The third-order valence-corrected chi connectivity index (χ3v) is 3.24. The molecular weight excluding hydrogens is 271 g/mol. The van der Waals surface area contributed by atoms with Gasteiger partial charge in [0.05, 0.1) is 0 Å². The molecule has 1 aromatic carbocycles. The van der Waals surface area contributed by atoms with E-state index in [0.717, 1.165) is 5.39 Å². The molecular formula is C14H14FN6+. The highest BCUT2D eigenvalue weighted by Crippen LogP contribution is 2.13. The molecule has 0 bridgehead atoms. The van der Waals surface area contributed by atoms with Gasteiger partial charge in [0.25, 0.3) is 0 Å². The minimum Gasteiger partial charge on any atom is -0.380 e. The summed E-state index contributed by atoms with van der Waals surface area (Å²) in [6.45, 7) is 0.304. The predicted molar refractivity (Wildman–Crippen MR) is 76.7 cm³/mol. The Morgan fingerprint density at radius 2 is 2.10 bits per heavy atom. The summed E-state index contributed by atoms with van der Waals surface area (Å²) in [7, 11) is 0. The third kappa shape index (κ3) is 2.29.